The largest absolute Gasteiger partial charge is 0.293 e. The van der Waals surface area contributed by atoms with E-state index in [9.17, 15) is 4.79 Å². The SMILES string of the molecule is CCc1ccc(C(=O)CN2CCC3CCCCC32)cc1. The van der Waals surface area contributed by atoms with Crippen LogP contribution >= 0.6 is 0 Å². The minimum Gasteiger partial charge on any atom is -0.293 e. The molecule has 0 bridgehead atoms. The quantitative estimate of drug-likeness (QED) is 0.778. The lowest BCUT2D eigenvalue weighted by atomic mass is 9.85. The fourth-order valence-corrected chi connectivity index (χ4v) is 3.90. The zero-order valence-electron chi connectivity index (χ0n) is 12.5. The van der Waals surface area contributed by atoms with Crippen molar-refractivity contribution in [3.63, 3.8) is 0 Å². The number of aryl methyl sites for hydroxylation is 1. The summed E-state index contributed by atoms with van der Waals surface area (Å²) in [5.74, 6) is 1.15. The summed E-state index contributed by atoms with van der Waals surface area (Å²) >= 11 is 0. The van der Waals surface area contributed by atoms with Gasteiger partial charge in [-0.25, -0.2) is 0 Å². The second-order valence-electron chi connectivity index (χ2n) is 6.34. The standard InChI is InChI=1S/C18H25NO/c1-2-14-7-9-16(10-8-14)18(20)13-19-12-11-15-5-3-4-6-17(15)19/h7-10,15,17H,2-6,11-13H2,1H3. The van der Waals surface area contributed by atoms with Gasteiger partial charge in [-0.3, -0.25) is 9.69 Å². The summed E-state index contributed by atoms with van der Waals surface area (Å²) in [5, 5.41) is 0. The molecule has 20 heavy (non-hydrogen) atoms. The molecule has 1 heterocycles. The highest BCUT2D eigenvalue weighted by molar-refractivity contribution is 5.97. The first kappa shape index (κ1) is 13.8. The van der Waals surface area contributed by atoms with E-state index in [2.05, 4.69) is 24.0 Å². The van der Waals surface area contributed by atoms with E-state index in [4.69, 9.17) is 0 Å². The van der Waals surface area contributed by atoms with E-state index in [1.165, 1.54) is 37.7 Å². The molecule has 2 nitrogen and oxygen atoms in total. The van der Waals surface area contributed by atoms with E-state index >= 15 is 0 Å². The lowest BCUT2D eigenvalue weighted by molar-refractivity contribution is 0.0896. The Hall–Kier alpha value is -1.15. The van der Waals surface area contributed by atoms with E-state index in [0.717, 1.165) is 24.4 Å². The van der Waals surface area contributed by atoms with Crippen molar-refractivity contribution in [2.24, 2.45) is 5.92 Å². The van der Waals surface area contributed by atoms with Crippen LogP contribution in [0.2, 0.25) is 0 Å². The number of hydrogen-bond acceptors (Lipinski definition) is 2. The minimum absolute atomic E-state index is 0.291. The highest BCUT2D eigenvalue weighted by Gasteiger charge is 2.36. The van der Waals surface area contributed by atoms with Gasteiger partial charge < -0.3 is 0 Å². The fraction of sp³-hybridized carbons (Fsp3) is 0.611. The summed E-state index contributed by atoms with van der Waals surface area (Å²) < 4.78 is 0. The van der Waals surface area contributed by atoms with Crippen molar-refractivity contribution in [1.82, 2.24) is 4.90 Å². The fourth-order valence-electron chi connectivity index (χ4n) is 3.90. The number of benzene rings is 1. The maximum Gasteiger partial charge on any atom is 0.176 e. The van der Waals surface area contributed by atoms with Crippen LogP contribution in [-0.4, -0.2) is 29.8 Å². The van der Waals surface area contributed by atoms with Crippen molar-refractivity contribution in [2.45, 2.75) is 51.5 Å². The summed E-state index contributed by atoms with van der Waals surface area (Å²) in [4.78, 5) is 14.9. The molecule has 0 radical (unpaired) electrons. The van der Waals surface area contributed by atoms with Gasteiger partial charge in [-0.1, -0.05) is 44.0 Å². The first-order valence-corrected chi connectivity index (χ1v) is 8.14. The third-order valence-corrected chi connectivity index (χ3v) is 5.16. The molecule has 2 atom stereocenters. The van der Waals surface area contributed by atoms with E-state index in [1.54, 1.807) is 0 Å². The van der Waals surface area contributed by atoms with E-state index in [1.807, 2.05) is 12.1 Å². The smallest absolute Gasteiger partial charge is 0.176 e. The zero-order valence-corrected chi connectivity index (χ0v) is 12.5. The van der Waals surface area contributed by atoms with Gasteiger partial charge in [0.25, 0.3) is 0 Å². The van der Waals surface area contributed by atoms with Crippen LogP contribution in [0.15, 0.2) is 24.3 Å². The van der Waals surface area contributed by atoms with Crippen LogP contribution in [0.4, 0.5) is 0 Å². The minimum atomic E-state index is 0.291. The molecule has 1 aromatic rings. The summed E-state index contributed by atoms with van der Waals surface area (Å²) in [6.07, 6.45) is 7.74. The maximum absolute atomic E-state index is 12.4. The second-order valence-corrected chi connectivity index (χ2v) is 6.34. The average Bonchev–Trinajstić information content (AvgIpc) is 2.91. The molecule has 1 saturated heterocycles. The number of hydrogen-bond donors (Lipinski definition) is 0. The van der Waals surface area contributed by atoms with Crippen LogP contribution in [-0.2, 0) is 6.42 Å². The van der Waals surface area contributed by atoms with Gasteiger partial charge in [-0.2, -0.15) is 0 Å². The summed E-state index contributed by atoms with van der Waals surface area (Å²) in [5.41, 5.74) is 2.18. The molecule has 0 spiro atoms. The van der Waals surface area contributed by atoms with Gasteiger partial charge in [0.05, 0.1) is 6.54 Å². The van der Waals surface area contributed by atoms with Gasteiger partial charge in [0.1, 0.15) is 0 Å². The van der Waals surface area contributed by atoms with Gasteiger partial charge in [0.15, 0.2) is 5.78 Å². The molecule has 3 rings (SSSR count). The summed E-state index contributed by atoms with van der Waals surface area (Å²) in [7, 11) is 0. The third-order valence-electron chi connectivity index (χ3n) is 5.16. The van der Waals surface area contributed by atoms with Crippen molar-refractivity contribution >= 4 is 5.78 Å². The predicted octanol–water partition coefficient (Wildman–Crippen LogP) is 3.70. The molecule has 0 amide bonds. The molecule has 0 N–H and O–H groups in total. The Bertz CT molecular complexity index is 465. The van der Waals surface area contributed by atoms with Crippen LogP contribution in [0.3, 0.4) is 0 Å². The Balaban J connectivity index is 1.63. The van der Waals surface area contributed by atoms with Crippen LogP contribution in [0.25, 0.3) is 0 Å². The first-order valence-electron chi connectivity index (χ1n) is 8.14. The highest BCUT2D eigenvalue weighted by Crippen LogP contribution is 2.36. The van der Waals surface area contributed by atoms with Gasteiger partial charge in [0, 0.05) is 11.6 Å². The molecule has 2 fully saturated rings. The molecule has 1 aliphatic heterocycles. The molecular formula is C18H25NO. The number of Topliss-reactive ketones (excluding diaryl/α,β-unsaturated/α-hetero) is 1. The van der Waals surface area contributed by atoms with E-state index < -0.39 is 0 Å². The van der Waals surface area contributed by atoms with E-state index in [-0.39, 0.29) is 0 Å². The van der Waals surface area contributed by atoms with Crippen molar-refractivity contribution in [2.75, 3.05) is 13.1 Å². The van der Waals surface area contributed by atoms with Crippen LogP contribution in [0.5, 0.6) is 0 Å². The number of nitrogens with zero attached hydrogens (tertiary/aromatic N) is 1. The lowest BCUT2D eigenvalue weighted by Crippen LogP contribution is -2.38. The number of likely N-dealkylation sites (tertiary alicyclic amines) is 1. The molecule has 2 aliphatic rings. The average molecular weight is 271 g/mol. The van der Waals surface area contributed by atoms with E-state index in [0.29, 0.717) is 18.4 Å². The monoisotopic (exact) mass is 271 g/mol. The number of carbonyl (C=O) groups is 1. The van der Waals surface area contributed by atoms with Gasteiger partial charge in [0.2, 0.25) is 0 Å². The molecule has 108 valence electrons. The summed E-state index contributed by atoms with van der Waals surface area (Å²) in [6.45, 7) is 3.88. The van der Waals surface area contributed by atoms with Crippen molar-refractivity contribution < 1.29 is 4.79 Å². The number of ketones is 1. The van der Waals surface area contributed by atoms with Gasteiger partial charge in [-0.15, -0.1) is 0 Å². The Morgan fingerprint density at radius 3 is 2.65 bits per heavy atom. The predicted molar refractivity (Wildman–Crippen MR) is 82.1 cm³/mol. The van der Waals surface area contributed by atoms with Crippen molar-refractivity contribution in [1.29, 1.82) is 0 Å². The van der Waals surface area contributed by atoms with Crippen molar-refractivity contribution in [3.05, 3.63) is 35.4 Å². The Kier molecular flexibility index (Phi) is 4.21. The second kappa shape index (κ2) is 6.09. The Morgan fingerprint density at radius 2 is 1.90 bits per heavy atom. The number of carbonyl (C=O) groups excluding carboxylic acids is 1. The van der Waals surface area contributed by atoms with Crippen LogP contribution in [0, 0.1) is 5.92 Å². The zero-order chi connectivity index (χ0) is 13.9. The molecule has 2 heteroatoms. The Labute approximate surface area is 122 Å². The Morgan fingerprint density at radius 1 is 1.15 bits per heavy atom. The molecule has 1 aromatic carbocycles. The topological polar surface area (TPSA) is 20.3 Å². The van der Waals surface area contributed by atoms with Crippen LogP contribution in [0.1, 0.15) is 54.9 Å². The number of rotatable bonds is 4. The van der Waals surface area contributed by atoms with Crippen molar-refractivity contribution in [3.8, 4) is 0 Å². The first-order chi connectivity index (χ1) is 9.78. The van der Waals surface area contributed by atoms with Crippen LogP contribution < -0.4 is 0 Å². The maximum atomic E-state index is 12.4. The van der Waals surface area contributed by atoms with Gasteiger partial charge in [-0.05, 0) is 43.7 Å². The molecular weight excluding hydrogens is 246 g/mol. The molecule has 2 unspecified atom stereocenters. The normalized spacial score (nSPS) is 26.4. The number of fused-ring (bicyclic) bond motifs is 1. The molecule has 1 aliphatic carbocycles. The lowest BCUT2D eigenvalue weighted by Gasteiger charge is -2.31. The summed E-state index contributed by atoms with van der Waals surface area (Å²) in [6, 6.07) is 8.84. The highest BCUT2D eigenvalue weighted by atomic mass is 16.1. The molecule has 0 aromatic heterocycles. The van der Waals surface area contributed by atoms with Gasteiger partial charge >= 0.3 is 0 Å². The third kappa shape index (κ3) is 2.80. The molecule has 1 saturated carbocycles.